The van der Waals surface area contributed by atoms with Crippen molar-refractivity contribution in [2.75, 3.05) is 5.73 Å². The first-order chi connectivity index (χ1) is 9.70. The summed E-state index contributed by atoms with van der Waals surface area (Å²) in [6, 6.07) is 9.65. The Morgan fingerprint density at radius 3 is 2.95 bits per heavy atom. The average molecular weight is 305 g/mol. The molecule has 3 nitrogen and oxygen atoms in total. The van der Waals surface area contributed by atoms with Gasteiger partial charge in [-0.2, -0.15) is 0 Å². The molecule has 0 unspecified atom stereocenters. The van der Waals surface area contributed by atoms with Crippen LogP contribution in [0.5, 0.6) is 0 Å². The Labute approximate surface area is 126 Å². The molecular formula is C15H13ClN2OS. The Kier molecular flexibility index (Phi) is 3.51. The predicted molar refractivity (Wildman–Crippen MR) is 84.1 cm³/mol. The predicted octanol–water partition coefficient (Wildman–Crippen LogP) is 4.87. The first-order valence-electron chi connectivity index (χ1n) is 6.28. The van der Waals surface area contributed by atoms with E-state index in [-0.39, 0.29) is 0 Å². The summed E-state index contributed by atoms with van der Waals surface area (Å²) >= 11 is 7.70. The molecule has 0 amide bonds. The van der Waals surface area contributed by atoms with E-state index >= 15 is 0 Å². The number of thiophene rings is 1. The van der Waals surface area contributed by atoms with Crippen LogP contribution in [0.1, 0.15) is 12.5 Å². The molecule has 0 aliphatic carbocycles. The van der Waals surface area contributed by atoms with Crippen LogP contribution >= 0.6 is 22.9 Å². The van der Waals surface area contributed by atoms with E-state index in [9.17, 15) is 0 Å². The van der Waals surface area contributed by atoms with Gasteiger partial charge in [0.1, 0.15) is 5.69 Å². The Morgan fingerprint density at radius 2 is 2.20 bits per heavy atom. The number of halogens is 1. The van der Waals surface area contributed by atoms with Gasteiger partial charge in [0.15, 0.2) is 0 Å². The van der Waals surface area contributed by atoms with Gasteiger partial charge in [0.25, 0.3) is 0 Å². The molecule has 3 rings (SSSR count). The van der Waals surface area contributed by atoms with Crippen LogP contribution in [-0.2, 0) is 6.42 Å². The maximum atomic E-state index is 6.06. The van der Waals surface area contributed by atoms with E-state index in [1.54, 1.807) is 11.3 Å². The van der Waals surface area contributed by atoms with Gasteiger partial charge in [-0.1, -0.05) is 35.8 Å². The number of benzene rings is 1. The zero-order chi connectivity index (χ0) is 14.1. The summed E-state index contributed by atoms with van der Waals surface area (Å²) in [6.07, 6.45) is 0.945. The second-order valence-corrected chi connectivity index (χ2v) is 5.76. The standard InChI is InChI=1S/C15H13ClN2OS/c1-2-9-6-7-20-14(9)13-12(15(17)19-18-13)10-4-3-5-11(16)8-10/h3-8H,2,17H2,1H3. The highest BCUT2D eigenvalue weighted by Gasteiger charge is 2.20. The molecule has 0 aliphatic rings. The summed E-state index contributed by atoms with van der Waals surface area (Å²) in [5.41, 5.74) is 9.71. The highest BCUT2D eigenvalue weighted by Crippen LogP contribution is 2.40. The molecule has 3 aromatic rings. The highest BCUT2D eigenvalue weighted by atomic mass is 35.5. The zero-order valence-electron chi connectivity index (χ0n) is 10.9. The van der Waals surface area contributed by atoms with Crippen LogP contribution in [0, 0.1) is 0 Å². The summed E-state index contributed by atoms with van der Waals surface area (Å²) < 4.78 is 5.20. The Bertz CT molecular complexity index is 748. The lowest BCUT2D eigenvalue weighted by atomic mass is 10.0. The Morgan fingerprint density at radius 1 is 1.35 bits per heavy atom. The molecule has 0 bridgehead atoms. The molecule has 2 N–H and O–H groups in total. The average Bonchev–Trinajstić information content (AvgIpc) is 3.04. The normalized spacial score (nSPS) is 10.9. The maximum Gasteiger partial charge on any atom is 0.230 e. The molecule has 1 aromatic carbocycles. The highest BCUT2D eigenvalue weighted by molar-refractivity contribution is 7.13. The molecule has 102 valence electrons. The van der Waals surface area contributed by atoms with Gasteiger partial charge in [0, 0.05) is 5.02 Å². The molecule has 2 heterocycles. The van der Waals surface area contributed by atoms with E-state index in [0.29, 0.717) is 10.9 Å². The monoisotopic (exact) mass is 304 g/mol. The first-order valence-corrected chi connectivity index (χ1v) is 7.54. The van der Waals surface area contributed by atoms with Crippen molar-refractivity contribution < 1.29 is 4.52 Å². The fourth-order valence-electron chi connectivity index (χ4n) is 2.20. The van der Waals surface area contributed by atoms with E-state index in [1.165, 1.54) is 5.56 Å². The number of nitrogens with two attached hydrogens (primary N) is 1. The lowest BCUT2D eigenvalue weighted by Gasteiger charge is -2.03. The smallest absolute Gasteiger partial charge is 0.230 e. The number of hydrogen-bond donors (Lipinski definition) is 1. The molecule has 5 heteroatoms. The van der Waals surface area contributed by atoms with E-state index < -0.39 is 0 Å². The van der Waals surface area contributed by atoms with Crippen LogP contribution in [0.25, 0.3) is 21.7 Å². The van der Waals surface area contributed by atoms with E-state index in [2.05, 4.69) is 23.5 Å². The van der Waals surface area contributed by atoms with Crippen molar-refractivity contribution in [1.29, 1.82) is 0 Å². The third-order valence-electron chi connectivity index (χ3n) is 3.17. The quantitative estimate of drug-likeness (QED) is 0.751. The number of aryl methyl sites for hydroxylation is 1. The Hall–Kier alpha value is -1.78. The fourth-order valence-corrected chi connectivity index (χ4v) is 3.38. The van der Waals surface area contributed by atoms with Crippen LogP contribution in [-0.4, -0.2) is 5.16 Å². The van der Waals surface area contributed by atoms with Gasteiger partial charge >= 0.3 is 0 Å². The van der Waals surface area contributed by atoms with E-state index in [4.69, 9.17) is 21.9 Å². The summed E-state index contributed by atoms with van der Waals surface area (Å²) in [5.74, 6) is 0.317. The minimum Gasteiger partial charge on any atom is -0.367 e. The number of nitrogen functional groups attached to an aromatic ring is 1. The van der Waals surface area contributed by atoms with Crippen LogP contribution in [0.15, 0.2) is 40.2 Å². The third kappa shape index (κ3) is 2.21. The topological polar surface area (TPSA) is 52.0 Å². The van der Waals surface area contributed by atoms with Crippen LogP contribution in [0.3, 0.4) is 0 Å². The third-order valence-corrected chi connectivity index (χ3v) is 4.37. The van der Waals surface area contributed by atoms with Gasteiger partial charge < -0.3 is 10.3 Å². The van der Waals surface area contributed by atoms with Crippen LogP contribution < -0.4 is 5.73 Å². The first kappa shape index (κ1) is 13.2. The largest absolute Gasteiger partial charge is 0.367 e. The lowest BCUT2D eigenvalue weighted by Crippen LogP contribution is -1.88. The molecule has 2 aromatic heterocycles. The summed E-state index contributed by atoms with van der Waals surface area (Å²) in [5, 5.41) is 6.86. The number of aromatic nitrogens is 1. The lowest BCUT2D eigenvalue weighted by molar-refractivity contribution is 0.439. The second-order valence-electron chi connectivity index (χ2n) is 4.41. The maximum absolute atomic E-state index is 6.06. The Balaban J connectivity index is 2.20. The summed E-state index contributed by atoms with van der Waals surface area (Å²) in [6.45, 7) is 2.12. The minimum atomic E-state index is 0.317. The molecule has 0 radical (unpaired) electrons. The zero-order valence-corrected chi connectivity index (χ0v) is 12.5. The summed E-state index contributed by atoms with van der Waals surface area (Å²) in [4.78, 5) is 1.10. The SMILES string of the molecule is CCc1ccsc1-c1noc(N)c1-c1cccc(Cl)c1. The van der Waals surface area contributed by atoms with Crippen molar-refractivity contribution in [2.45, 2.75) is 13.3 Å². The second kappa shape index (κ2) is 5.31. The minimum absolute atomic E-state index is 0.317. The molecule has 0 saturated carbocycles. The molecule has 0 atom stereocenters. The van der Waals surface area contributed by atoms with Crippen molar-refractivity contribution >= 4 is 28.8 Å². The number of anilines is 1. The van der Waals surface area contributed by atoms with Crippen molar-refractivity contribution in [3.8, 4) is 21.7 Å². The molecule has 0 fully saturated rings. The van der Waals surface area contributed by atoms with Crippen molar-refractivity contribution in [1.82, 2.24) is 5.16 Å². The fraction of sp³-hybridized carbons (Fsp3) is 0.133. The number of rotatable bonds is 3. The molecule has 0 spiro atoms. The van der Waals surface area contributed by atoms with Gasteiger partial charge in [0.05, 0.1) is 10.4 Å². The summed E-state index contributed by atoms with van der Waals surface area (Å²) in [7, 11) is 0. The van der Waals surface area contributed by atoms with Gasteiger partial charge in [-0.25, -0.2) is 0 Å². The van der Waals surface area contributed by atoms with E-state index in [0.717, 1.165) is 28.1 Å². The number of nitrogens with zero attached hydrogens (tertiary/aromatic N) is 1. The number of hydrogen-bond acceptors (Lipinski definition) is 4. The van der Waals surface area contributed by atoms with Crippen molar-refractivity contribution in [3.63, 3.8) is 0 Å². The van der Waals surface area contributed by atoms with Crippen molar-refractivity contribution in [2.24, 2.45) is 0 Å². The molecule has 0 saturated heterocycles. The molecular weight excluding hydrogens is 292 g/mol. The molecule has 0 aliphatic heterocycles. The van der Waals surface area contributed by atoms with Gasteiger partial charge in [-0.3, -0.25) is 0 Å². The van der Waals surface area contributed by atoms with Gasteiger partial charge in [0.2, 0.25) is 5.88 Å². The van der Waals surface area contributed by atoms with Crippen LogP contribution in [0.4, 0.5) is 5.88 Å². The van der Waals surface area contributed by atoms with E-state index in [1.807, 2.05) is 24.3 Å². The van der Waals surface area contributed by atoms with Gasteiger partial charge in [-0.05, 0) is 41.1 Å². The molecule has 20 heavy (non-hydrogen) atoms. The van der Waals surface area contributed by atoms with Gasteiger partial charge in [-0.15, -0.1) is 11.3 Å². The van der Waals surface area contributed by atoms with Crippen LogP contribution in [0.2, 0.25) is 5.02 Å². The van der Waals surface area contributed by atoms with Crippen molar-refractivity contribution in [3.05, 3.63) is 46.3 Å².